The molecule has 24 heavy (non-hydrogen) atoms. The number of carbonyl (C=O) groups is 1. The number of primary amides is 1. The third-order valence-electron chi connectivity index (χ3n) is 3.30. The number of rotatable bonds is 13. The minimum atomic E-state index is -4.19. The van der Waals surface area contributed by atoms with E-state index in [1.807, 2.05) is 0 Å². The predicted octanol–water partition coefficient (Wildman–Crippen LogP) is 2.74. The molecule has 0 aliphatic carbocycles. The van der Waals surface area contributed by atoms with E-state index in [0.29, 0.717) is 0 Å². The van der Waals surface area contributed by atoms with Crippen LogP contribution in [0, 0.1) is 0 Å². The average Bonchev–Trinajstić information content (AvgIpc) is 2.48. The van der Waals surface area contributed by atoms with Gasteiger partial charge in [0.1, 0.15) is 0 Å². The van der Waals surface area contributed by atoms with Crippen molar-refractivity contribution in [2.24, 2.45) is 5.73 Å². The van der Waals surface area contributed by atoms with E-state index in [9.17, 15) is 13.9 Å². The first-order valence-electron chi connectivity index (χ1n) is 7.74. The third kappa shape index (κ3) is 4.47. The molecule has 0 saturated heterocycles. The van der Waals surface area contributed by atoms with Crippen molar-refractivity contribution in [2.45, 2.75) is 45.6 Å². The number of amides is 1. The summed E-state index contributed by atoms with van der Waals surface area (Å²) in [5.74, 6) is -0.987. The van der Waals surface area contributed by atoms with Crippen LogP contribution in [0.5, 0.6) is 0 Å². The van der Waals surface area contributed by atoms with Crippen molar-refractivity contribution in [3.63, 3.8) is 0 Å². The van der Waals surface area contributed by atoms with E-state index in [2.05, 4.69) is 0 Å². The summed E-state index contributed by atoms with van der Waals surface area (Å²) in [4.78, 5) is 9.85. The molecule has 0 heterocycles. The van der Waals surface area contributed by atoms with Gasteiger partial charge >= 0.3 is 15.2 Å². The number of hydrogen-bond donors (Lipinski definition) is 1. The molecule has 9 nitrogen and oxygen atoms in total. The molecule has 1 amide bonds. The number of methoxy groups -OCH3 is 1. The van der Waals surface area contributed by atoms with Gasteiger partial charge in [-0.1, -0.05) is 0 Å². The van der Waals surface area contributed by atoms with Gasteiger partial charge in [-0.15, -0.1) is 0 Å². The molecule has 0 rings (SSSR count). The lowest BCUT2D eigenvalue weighted by molar-refractivity contribution is -0.129. The Kier molecular flexibility index (Phi) is 9.91. The first kappa shape index (κ1) is 23.7. The molecule has 0 fully saturated rings. The highest BCUT2D eigenvalue weighted by Crippen LogP contribution is 2.79. The Morgan fingerprint density at radius 2 is 1.21 bits per heavy atom. The van der Waals surface area contributed by atoms with Gasteiger partial charge in [0.2, 0.25) is 10.8 Å². The fourth-order valence-corrected chi connectivity index (χ4v) is 7.81. The van der Waals surface area contributed by atoms with Crippen LogP contribution in [0.3, 0.4) is 0 Å². The SMILES string of the molecule is CCOP(=O)(OCC)C(C)(C(OC)C(N)=O)P(=O)(OCC)OCC. The van der Waals surface area contributed by atoms with Crippen LogP contribution < -0.4 is 5.73 Å². The van der Waals surface area contributed by atoms with Crippen molar-refractivity contribution in [1.29, 1.82) is 0 Å². The van der Waals surface area contributed by atoms with Crippen molar-refractivity contribution >= 4 is 21.1 Å². The smallest absolute Gasteiger partial charge is 0.351 e. The van der Waals surface area contributed by atoms with Crippen LogP contribution in [0.15, 0.2) is 0 Å². The Morgan fingerprint density at radius 1 is 0.917 bits per heavy atom. The van der Waals surface area contributed by atoms with Crippen LogP contribution in [0.2, 0.25) is 0 Å². The van der Waals surface area contributed by atoms with Crippen molar-refractivity contribution in [1.82, 2.24) is 0 Å². The predicted molar refractivity (Wildman–Crippen MR) is 90.1 cm³/mol. The van der Waals surface area contributed by atoms with E-state index in [0.717, 1.165) is 0 Å². The molecular formula is C13H29NO8P2. The Morgan fingerprint density at radius 3 is 1.38 bits per heavy atom. The van der Waals surface area contributed by atoms with E-state index in [4.69, 9.17) is 28.6 Å². The molecule has 0 aromatic heterocycles. The molecule has 0 saturated carbocycles. The minimum absolute atomic E-state index is 0.0136. The third-order valence-corrected chi connectivity index (χ3v) is 9.84. The first-order valence-corrected chi connectivity index (χ1v) is 10.8. The van der Waals surface area contributed by atoms with Crippen LogP contribution >= 0.6 is 15.2 Å². The van der Waals surface area contributed by atoms with Crippen LogP contribution in [0.25, 0.3) is 0 Å². The molecule has 11 heteroatoms. The highest BCUT2D eigenvalue weighted by molar-refractivity contribution is 7.74. The molecule has 144 valence electrons. The van der Waals surface area contributed by atoms with Gasteiger partial charge in [0.05, 0.1) is 26.4 Å². The summed E-state index contributed by atoms with van der Waals surface area (Å²) in [7, 11) is -7.20. The summed E-state index contributed by atoms with van der Waals surface area (Å²) >= 11 is 0. The van der Waals surface area contributed by atoms with Gasteiger partial charge < -0.3 is 28.6 Å². The second-order valence-electron chi connectivity index (χ2n) is 4.78. The van der Waals surface area contributed by atoms with E-state index in [1.165, 1.54) is 14.0 Å². The molecule has 0 aromatic rings. The summed E-state index contributed by atoms with van der Waals surface area (Å²) in [6, 6.07) is 0. The topological polar surface area (TPSA) is 123 Å². The van der Waals surface area contributed by atoms with Gasteiger partial charge in [-0.05, 0) is 34.6 Å². The van der Waals surface area contributed by atoms with E-state index >= 15 is 0 Å². The second kappa shape index (κ2) is 10.0. The van der Waals surface area contributed by atoms with Crippen molar-refractivity contribution in [3.8, 4) is 0 Å². The number of nitrogens with two attached hydrogens (primary N) is 1. The van der Waals surface area contributed by atoms with Gasteiger partial charge in [-0.2, -0.15) is 0 Å². The Balaban J connectivity index is 6.61. The number of hydrogen-bond acceptors (Lipinski definition) is 8. The molecule has 0 bridgehead atoms. The zero-order valence-electron chi connectivity index (χ0n) is 15.1. The summed E-state index contributed by atoms with van der Waals surface area (Å²) < 4.78 is 53.3. The summed E-state index contributed by atoms with van der Waals surface area (Å²) in [6.45, 7) is 7.55. The highest BCUT2D eigenvalue weighted by Gasteiger charge is 2.68. The van der Waals surface area contributed by atoms with E-state index in [-0.39, 0.29) is 26.4 Å². The molecule has 0 aliphatic heterocycles. The normalized spacial score (nSPS) is 14.6. The largest absolute Gasteiger partial charge is 0.370 e. The van der Waals surface area contributed by atoms with E-state index in [1.54, 1.807) is 27.7 Å². The summed E-state index contributed by atoms with van der Waals surface area (Å²) in [6.07, 6.45) is -1.58. The van der Waals surface area contributed by atoms with Gasteiger partial charge in [-0.25, -0.2) is 0 Å². The van der Waals surface area contributed by atoms with Crippen LogP contribution in [0.1, 0.15) is 34.6 Å². The standard InChI is InChI=1S/C13H29NO8P2/c1-7-19-23(16,20-8-2)13(5,11(18-6)12(14)15)24(17,21-9-3)22-10-4/h11H,7-10H2,1-6H3,(H2,14,15). The van der Waals surface area contributed by atoms with Gasteiger partial charge in [0.15, 0.2) is 6.10 Å². The maximum absolute atomic E-state index is 13.5. The van der Waals surface area contributed by atoms with Crippen LogP contribution in [-0.2, 0) is 36.8 Å². The molecule has 1 atom stereocenters. The van der Waals surface area contributed by atoms with Crippen LogP contribution in [-0.4, -0.2) is 50.4 Å². The lowest BCUT2D eigenvalue weighted by Crippen LogP contribution is -2.50. The summed E-state index contributed by atoms with van der Waals surface area (Å²) in [5.41, 5.74) is 5.38. The lowest BCUT2D eigenvalue weighted by atomic mass is 10.2. The molecular weight excluding hydrogens is 360 g/mol. The lowest BCUT2D eigenvalue weighted by Gasteiger charge is -2.42. The zero-order chi connectivity index (χ0) is 19.0. The second-order valence-corrected chi connectivity index (χ2v) is 10.0. The molecule has 0 radical (unpaired) electrons. The Bertz CT molecular complexity index is 448. The highest BCUT2D eigenvalue weighted by atomic mass is 31.2. The van der Waals surface area contributed by atoms with Crippen LogP contribution in [0.4, 0.5) is 0 Å². The fourth-order valence-electron chi connectivity index (χ4n) is 2.32. The molecule has 0 spiro atoms. The van der Waals surface area contributed by atoms with Crippen molar-refractivity contribution in [3.05, 3.63) is 0 Å². The fraction of sp³-hybridized carbons (Fsp3) is 0.923. The Labute approximate surface area is 143 Å². The van der Waals surface area contributed by atoms with Crippen molar-refractivity contribution < 1.29 is 36.8 Å². The zero-order valence-corrected chi connectivity index (χ0v) is 16.9. The average molecular weight is 389 g/mol. The maximum atomic E-state index is 13.5. The first-order chi connectivity index (χ1) is 11.1. The minimum Gasteiger partial charge on any atom is -0.370 e. The Hall–Kier alpha value is -0.270. The molecule has 0 aliphatic rings. The van der Waals surface area contributed by atoms with Crippen molar-refractivity contribution in [2.75, 3.05) is 33.5 Å². The van der Waals surface area contributed by atoms with E-state index < -0.39 is 32.1 Å². The molecule has 2 N–H and O–H groups in total. The number of ether oxygens (including phenoxy) is 1. The van der Waals surface area contributed by atoms with Gasteiger partial charge in [0, 0.05) is 7.11 Å². The molecule has 1 unspecified atom stereocenters. The quantitative estimate of drug-likeness (QED) is 0.477. The molecule has 0 aromatic carbocycles. The number of carbonyl (C=O) groups excluding carboxylic acids is 1. The van der Waals surface area contributed by atoms with Gasteiger partial charge in [0.25, 0.3) is 0 Å². The van der Waals surface area contributed by atoms with Gasteiger partial charge in [-0.3, -0.25) is 13.9 Å². The maximum Gasteiger partial charge on any atom is 0.351 e. The summed E-state index contributed by atoms with van der Waals surface area (Å²) in [5, 5.41) is 0. The monoisotopic (exact) mass is 389 g/mol.